The number of halogens is 5. The third-order valence-electron chi connectivity index (χ3n) is 7.98. The van der Waals surface area contributed by atoms with Gasteiger partial charge in [0, 0.05) is 30.5 Å². The second kappa shape index (κ2) is 15.3. The predicted octanol–water partition coefficient (Wildman–Crippen LogP) is 8.20. The lowest BCUT2D eigenvalue weighted by Crippen LogP contribution is -2.31. The molecule has 5 aromatic rings. The molecule has 1 fully saturated rings. The van der Waals surface area contributed by atoms with E-state index in [4.69, 9.17) is 9.47 Å². The third kappa shape index (κ3) is 7.83. The summed E-state index contributed by atoms with van der Waals surface area (Å²) in [5.41, 5.74) is 2.99. The number of rotatable bonds is 10. The van der Waals surface area contributed by atoms with Gasteiger partial charge in [0.05, 0.1) is 23.8 Å². The van der Waals surface area contributed by atoms with Gasteiger partial charge in [0.2, 0.25) is 5.82 Å². The molecule has 252 valence electrons. The van der Waals surface area contributed by atoms with Gasteiger partial charge in [-0.3, -0.25) is 4.79 Å². The topological polar surface area (TPSA) is 80.7 Å². The van der Waals surface area contributed by atoms with Gasteiger partial charge in [0.25, 0.3) is 5.91 Å². The van der Waals surface area contributed by atoms with Gasteiger partial charge in [-0.2, -0.15) is 0 Å². The van der Waals surface area contributed by atoms with Crippen molar-refractivity contribution in [3.8, 4) is 11.1 Å². The van der Waals surface area contributed by atoms with E-state index in [1.807, 2.05) is 72.8 Å². The molecule has 3 atom stereocenters. The Kier molecular flexibility index (Phi) is 10.7. The van der Waals surface area contributed by atoms with Crippen molar-refractivity contribution >= 4 is 17.7 Å². The molecule has 0 aliphatic carbocycles. The van der Waals surface area contributed by atoms with Crippen LogP contribution in [-0.4, -0.2) is 27.9 Å². The van der Waals surface area contributed by atoms with Crippen molar-refractivity contribution in [2.75, 3.05) is 5.75 Å². The zero-order valence-electron chi connectivity index (χ0n) is 25.7. The molecule has 6 nitrogen and oxygen atoms in total. The summed E-state index contributed by atoms with van der Waals surface area (Å²) in [6.07, 6.45) is 1.17. The molecule has 1 aliphatic rings. The van der Waals surface area contributed by atoms with Crippen molar-refractivity contribution in [1.82, 2.24) is 10.3 Å². The number of nitrogens with one attached hydrogen (secondary N) is 1. The number of aliphatic hydroxyl groups is 1. The molecule has 1 aromatic heterocycles. The number of pyridine rings is 1. The Morgan fingerprint density at radius 1 is 0.776 bits per heavy atom. The standard InChI is InChI=1S/C37H29F5N2O4S/c38-31-30(32(39)34(41)35(42)33(31)40)36(46)44-18-22-5-3-6-24(15-22)25-7-4-8-26(16-25)37-47-27(20-49-29-9-1-2-14-43-29)17-28(48-37)23-12-10-21(19-45)11-13-23/h1-16,27-28,37,45H,17-20H2,(H,44,46). The molecule has 0 saturated carbocycles. The number of aliphatic hydroxyl groups excluding tert-OH is 1. The fraction of sp³-hybridized carbons (Fsp3) is 0.189. The van der Waals surface area contributed by atoms with E-state index in [0.29, 0.717) is 17.7 Å². The summed E-state index contributed by atoms with van der Waals surface area (Å²) < 4.78 is 81.9. The highest BCUT2D eigenvalue weighted by molar-refractivity contribution is 7.99. The van der Waals surface area contributed by atoms with E-state index >= 15 is 0 Å². The molecule has 3 unspecified atom stereocenters. The van der Waals surface area contributed by atoms with E-state index < -0.39 is 46.8 Å². The van der Waals surface area contributed by atoms with E-state index in [1.165, 1.54) is 0 Å². The highest BCUT2D eigenvalue weighted by Gasteiger charge is 2.33. The third-order valence-corrected chi connectivity index (χ3v) is 9.05. The molecule has 0 radical (unpaired) electrons. The normalized spacial score (nSPS) is 17.6. The quantitative estimate of drug-likeness (QED) is 0.0665. The van der Waals surface area contributed by atoms with Crippen molar-refractivity contribution in [3.05, 3.63) is 154 Å². The highest BCUT2D eigenvalue weighted by atomic mass is 32.2. The molecular formula is C37H29F5N2O4S. The van der Waals surface area contributed by atoms with Gasteiger partial charge in [-0.05, 0) is 52.1 Å². The molecule has 0 bridgehead atoms. The average Bonchev–Trinajstić information content (AvgIpc) is 3.15. The number of carbonyl (C=O) groups is 1. The number of aromatic nitrogens is 1. The lowest BCUT2D eigenvalue weighted by molar-refractivity contribution is -0.245. The largest absolute Gasteiger partial charge is 0.392 e. The lowest BCUT2D eigenvalue weighted by atomic mass is 9.99. The Hall–Kier alpha value is -4.62. The molecule has 2 heterocycles. The molecule has 1 aliphatic heterocycles. The fourth-order valence-corrected chi connectivity index (χ4v) is 6.32. The van der Waals surface area contributed by atoms with Crippen LogP contribution in [0.3, 0.4) is 0 Å². The first-order chi connectivity index (χ1) is 23.7. The van der Waals surface area contributed by atoms with E-state index in [9.17, 15) is 31.9 Å². The number of amides is 1. The molecule has 1 amide bonds. The van der Waals surface area contributed by atoms with E-state index in [0.717, 1.165) is 32.8 Å². The van der Waals surface area contributed by atoms with Crippen LogP contribution in [0.4, 0.5) is 22.0 Å². The Bertz CT molecular complexity index is 1920. The van der Waals surface area contributed by atoms with Crippen molar-refractivity contribution in [2.45, 2.75) is 43.1 Å². The predicted molar refractivity (Wildman–Crippen MR) is 173 cm³/mol. The van der Waals surface area contributed by atoms with Gasteiger partial charge in [-0.25, -0.2) is 26.9 Å². The summed E-state index contributed by atoms with van der Waals surface area (Å²) in [5, 5.41) is 12.6. The smallest absolute Gasteiger partial charge is 0.257 e. The molecule has 49 heavy (non-hydrogen) atoms. The number of ether oxygens (including phenoxy) is 2. The summed E-state index contributed by atoms with van der Waals surface area (Å²) in [6, 6.07) is 27.8. The Balaban J connectivity index is 1.20. The van der Waals surface area contributed by atoms with Crippen LogP contribution in [0.15, 0.2) is 102 Å². The van der Waals surface area contributed by atoms with Crippen LogP contribution in [0, 0.1) is 29.1 Å². The van der Waals surface area contributed by atoms with E-state index in [2.05, 4.69) is 10.3 Å². The van der Waals surface area contributed by atoms with Crippen LogP contribution in [-0.2, 0) is 22.6 Å². The average molecular weight is 693 g/mol. The van der Waals surface area contributed by atoms with Crippen molar-refractivity contribution in [2.24, 2.45) is 0 Å². The van der Waals surface area contributed by atoms with Gasteiger partial charge in [-0.1, -0.05) is 66.7 Å². The van der Waals surface area contributed by atoms with Gasteiger partial charge in [0.15, 0.2) is 29.6 Å². The van der Waals surface area contributed by atoms with E-state index in [-0.39, 0.29) is 25.4 Å². The molecular weight excluding hydrogens is 663 g/mol. The zero-order valence-corrected chi connectivity index (χ0v) is 26.5. The minimum Gasteiger partial charge on any atom is -0.392 e. The lowest BCUT2D eigenvalue weighted by Gasteiger charge is -2.36. The van der Waals surface area contributed by atoms with Crippen LogP contribution in [0.1, 0.15) is 51.4 Å². The number of hydrogen-bond acceptors (Lipinski definition) is 6. The monoisotopic (exact) mass is 692 g/mol. The summed E-state index contributed by atoms with van der Waals surface area (Å²) in [5.74, 6) is -11.9. The van der Waals surface area contributed by atoms with Crippen molar-refractivity contribution in [1.29, 1.82) is 0 Å². The second-order valence-corrected chi connectivity index (χ2v) is 12.3. The SMILES string of the molecule is O=C(NCc1cccc(-c2cccc(C3OC(CSc4ccccn4)CC(c4ccc(CO)cc4)O3)c2)c1)c1c(F)c(F)c(F)c(F)c1F. The summed E-state index contributed by atoms with van der Waals surface area (Å²) in [7, 11) is 0. The van der Waals surface area contributed by atoms with Gasteiger partial charge in [-0.15, -0.1) is 11.8 Å². The van der Waals surface area contributed by atoms with Crippen LogP contribution in [0.2, 0.25) is 0 Å². The van der Waals surface area contributed by atoms with Crippen molar-refractivity contribution in [3.63, 3.8) is 0 Å². The summed E-state index contributed by atoms with van der Waals surface area (Å²) in [6.45, 7) is -0.306. The number of nitrogens with zero attached hydrogens (tertiary/aromatic N) is 1. The molecule has 1 saturated heterocycles. The molecule has 6 rings (SSSR count). The number of benzene rings is 4. The first kappa shape index (κ1) is 34.3. The van der Waals surface area contributed by atoms with Gasteiger partial charge >= 0.3 is 0 Å². The Morgan fingerprint density at radius 3 is 2.16 bits per heavy atom. The maximum absolute atomic E-state index is 14.1. The fourth-order valence-electron chi connectivity index (χ4n) is 5.43. The molecule has 12 heteroatoms. The summed E-state index contributed by atoms with van der Waals surface area (Å²) in [4.78, 5) is 16.9. The van der Waals surface area contributed by atoms with Crippen molar-refractivity contribution < 1.29 is 41.3 Å². The minimum atomic E-state index is -2.34. The van der Waals surface area contributed by atoms with E-state index in [1.54, 1.807) is 36.2 Å². The second-order valence-electron chi connectivity index (χ2n) is 11.3. The Morgan fingerprint density at radius 2 is 1.47 bits per heavy atom. The molecule has 4 aromatic carbocycles. The van der Waals surface area contributed by atoms with Gasteiger partial charge in [0.1, 0.15) is 5.56 Å². The van der Waals surface area contributed by atoms with Crippen LogP contribution in [0.5, 0.6) is 0 Å². The zero-order chi connectivity index (χ0) is 34.5. The Labute approximate surface area is 282 Å². The molecule has 2 N–H and O–H groups in total. The van der Waals surface area contributed by atoms with Crippen LogP contribution >= 0.6 is 11.8 Å². The number of carbonyl (C=O) groups excluding carboxylic acids is 1. The molecule has 0 spiro atoms. The maximum Gasteiger partial charge on any atom is 0.257 e. The number of hydrogen-bond donors (Lipinski definition) is 2. The summed E-state index contributed by atoms with van der Waals surface area (Å²) >= 11 is 1.59. The van der Waals surface area contributed by atoms with Crippen LogP contribution in [0.25, 0.3) is 11.1 Å². The van der Waals surface area contributed by atoms with Crippen LogP contribution < -0.4 is 5.32 Å². The first-order valence-corrected chi connectivity index (χ1v) is 16.2. The number of thioether (sulfide) groups is 1. The maximum atomic E-state index is 14.1. The first-order valence-electron chi connectivity index (χ1n) is 15.2. The highest BCUT2D eigenvalue weighted by Crippen LogP contribution is 2.40. The van der Waals surface area contributed by atoms with Gasteiger partial charge < -0.3 is 19.9 Å². The minimum absolute atomic E-state index is 0.0629.